The van der Waals surface area contributed by atoms with E-state index in [1.165, 1.54) is 24.0 Å². The topological polar surface area (TPSA) is 24.1 Å². The van der Waals surface area contributed by atoms with Crippen LogP contribution in [0.4, 0.5) is 0 Å². The van der Waals surface area contributed by atoms with Gasteiger partial charge in [0.2, 0.25) is 0 Å². The van der Waals surface area contributed by atoms with E-state index >= 15 is 0 Å². The molecule has 0 aliphatic heterocycles. The van der Waals surface area contributed by atoms with Gasteiger partial charge >= 0.3 is 0 Å². The Morgan fingerprint density at radius 2 is 2.22 bits per heavy atom. The van der Waals surface area contributed by atoms with E-state index in [1.807, 2.05) is 6.92 Å². The maximum Gasteiger partial charge on any atom is 0.167 e. The molecule has 18 heavy (non-hydrogen) atoms. The number of rotatable bonds is 3. The number of hydrogen-bond acceptors (Lipinski definition) is 1. The van der Waals surface area contributed by atoms with Crippen LogP contribution in [0.2, 0.25) is 0 Å². The molecule has 1 atom stereocenters. The normalized spacial score (nSPS) is 17.7. The lowest BCUT2D eigenvalue weighted by Gasteiger charge is -2.27. The number of nitrogens with one attached hydrogen (secondary N) is 2. The smallest absolute Gasteiger partial charge is 0.167 e. The van der Waals surface area contributed by atoms with Gasteiger partial charge in [0.1, 0.15) is 0 Å². The molecule has 2 N–H and O–H groups in total. The monoisotopic (exact) mass is 260 g/mol. The van der Waals surface area contributed by atoms with Crippen LogP contribution in [0.15, 0.2) is 36.4 Å². The van der Waals surface area contributed by atoms with Crippen LogP contribution in [0.1, 0.15) is 36.9 Å². The molecule has 0 heterocycles. The molecular formula is C15H20N2S. The lowest BCUT2D eigenvalue weighted by Crippen LogP contribution is -2.39. The molecule has 3 heteroatoms. The van der Waals surface area contributed by atoms with E-state index in [2.05, 4.69) is 41.5 Å². The molecule has 0 bridgehead atoms. The summed E-state index contributed by atoms with van der Waals surface area (Å²) in [6, 6.07) is 8.98. The first kappa shape index (κ1) is 13.1. The van der Waals surface area contributed by atoms with E-state index in [0.29, 0.717) is 6.04 Å². The van der Waals surface area contributed by atoms with Crippen molar-refractivity contribution in [3.05, 3.63) is 47.5 Å². The molecule has 1 aliphatic carbocycles. The Bertz CT molecular complexity index is 454. The van der Waals surface area contributed by atoms with Crippen LogP contribution in [0, 0.1) is 0 Å². The van der Waals surface area contributed by atoms with Crippen LogP contribution in [0.5, 0.6) is 0 Å². The third-order valence-corrected chi connectivity index (χ3v) is 3.49. The van der Waals surface area contributed by atoms with Crippen molar-refractivity contribution in [1.82, 2.24) is 10.6 Å². The summed E-state index contributed by atoms with van der Waals surface area (Å²) < 4.78 is 0. The van der Waals surface area contributed by atoms with Gasteiger partial charge in [0.15, 0.2) is 5.11 Å². The summed E-state index contributed by atoms with van der Waals surface area (Å²) in [6.07, 6.45) is 3.55. The molecule has 0 saturated heterocycles. The highest BCUT2D eigenvalue weighted by atomic mass is 32.1. The van der Waals surface area contributed by atoms with Gasteiger partial charge < -0.3 is 10.6 Å². The van der Waals surface area contributed by atoms with E-state index in [-0.39, 0.29) is 0 Å². The van der Waals surface area contributed by atoms with Crippen molar-refractivity contribution in [2.45, 2.75) is 32.2 Å². The maximum absolute atomic E-state index is 5.32. The fourth-order valence-corrected chi connectivity index (χ4v) is 2.56. The molecule has 0 aromatic heterocycles. The number of fused-ring (bicyclic) bond motifs is 1. The number of thiocarbonyl (C=S) groups is 1. The minimum atomic E-state index is 0.347. The predicted molar refractivity (Wildman–Crippen MR) is 80.7 cm³/mol. The van der Waals surface area contributed by atoms with Crippen molar-refractivity contribution >= 4 is 17.3 Å². The van der Waals surface area contributed by atoms with Gasteiger partial charge in [0.05, 0.1) is 6.04 Å². The Labute approximate surface area is 114 Å². The highest BCUT2D eigenvalue weighted by molar-refractivity contribution is 7.80. The molecule has 1 aliphatic rings. The first-order valence-electron chi connectivity index (χ1n) is 6.43. The Kier molecular flexibility index (Phi) is 4.37. The van der Waals surface area contributed by atoms with Crippen molar-refractivity contribution in [2.24, 2.45) is 0 Å². The summed E-state index contributed by atoms with van der Waals surface area (Å²) in [5, 5.41) is 7.31. The third-order valence-electron chi connectivity index (χ3n) is 3.23. The summed E-state index contributed by atoms with van der Waals surface area (Å²) in [6.45, 7) is 6.59. The Balaban J connectivity index is 1.98. The lowest BCUT2D eigenvalue weighted by molar-refractivity contribution is 0.524. The molecule has 0 unspecified atom stereocenters. The van der Waals surface area contributed by atoms with Crippen LogP contribution < -0.4 is 10.6 Å². The van der Waals surface area contributed by atoms with Crippen LogP contribution >= 0.6 is 12.2 Å². The zero-order valence-electron chi connectivity index (χ0n) is 10.8. The van der Waals surface area contributed by atoms with Gasteiger partial charge in [-0.25, -0.2) is 0 Å². The molecule has 96 valence electrons. The highest BCUT2D eigenvalue weighted by Crippen LogP contribution is 2.29. The molecule has 2 rings (SSSR count). The standard InChI is InChI=1S/C15H20N2S/c1-11(2)10-16-15(18)17-14-9-5-7-12-6-3-4-8-13(12)14/h3-4,6,8,14H,1,5,7,9-10H2,2H3,(H2,16,17,18)/t14-/m0/s1. The van der Waals surface area contributed by atoms with Gasteiger partial charge in [0, 0.05) is 6.54 Å². The molecule has 0 radical (unpaired) electrons. The van der Waals surface area contributed by atoms with Gasteiger partial charge in [-0.15, -0.1) is 0 Å². The van der Waals surface area contributed by atoms with Crippen molar-refractivity contribution in [1.29, 1.82) is 0 Å². The fraction of sp³-hybridized carbons (Fsp3) is 0.400. The van der Waals surface area contributed by atoms with Gasteiger partial charge in [-0.3, -0.25) is 0 Å². The van der Waals surface area contributed by atoms with Gasteiger partial charge in [-0.1, -0.05) is 36.4 Å². The summed E-state index contributed by atoms with van der Waals surface area (Å²) >= 11 is 5.32. The van der Waals surface area contributed by atoms with Crippen molar-refractivity contribution < 1.29 is 0 Å². The zero-order valence-corrected chi connectivity index (χ0v) is 11.6. The van der Waals surface area contributed by atoms with Gasteiger partial charge in [-0.2, -0.15) is 0 Å². The van der Waals surface area contributed by atoms with Crippen LogP contribution in [0.3, 0.4) is 0 Å². The van der Waals surface area contributed by atoms with Crippen molar-refractivity contribution in [2.75, 3.05) is 6.54 Å². The van der Waals surface area contributed by atoms with Gasteiger partial charge in [0.25, 0.3) is 0 Å². The second-order valence-electron chi connectivity index (χ2n) is 4.93. The molecule has 0 amide bonds. The molecule has 1 aromatic rings. The highest BCUT2D eigenvalue weighted by Gasteiger charge is 2.19. The average molecular weight is 260 g/mol. The molecule has 0 saturated carbocycles. The van der Waals surface area contributed by atoms with Crippen LogP contribution in [-0.4, -0.2) is 11.7 Å². The Morgan fingerprint density at radius 3 is 3.00 bits per heavy atom. The lowest BCUT2D eigenvalue weighted by atomic mass is 9.88. The quantitative estimate of drug-likeness (QED) is 0.645. The maximum atomic E-state index is 5.32. The Morgan fingerprint density at radius 1 is 1.44 bits per heavy atom. The largest absolute Gasteiger partial charge is 0.359 e. The van der Waals surface area contributed by atoms with Crippen LogP contribution in [-0.2, 0) is 6.42 Å². The second kappa shape index (κ2) is 6.01. The van der Waals surface area contributed by atoms with Gasteiger partial charge in [-0.05, 0) is 49.5 Å². The minimum Gasteiger partial charge on any atom is -0.359 e. The Hall–Kier alpha value is -1.35. The van der Waals surface area contributed by atoms with E-state index in [0.717, 1.165) is 23.7 Å². The SMILES string of the molecule is C=C(C)CNC(=S)N[C@H]1CCCc2ccccc21. The molecule has 0 spiro atoms. The fourth-order valence-electron chi connectivity index (χ4n) is 2.34. The molecule has 1 aromatic carbocycles. The zero-order chi connectivity index (χ0) is 13.0. The first-order valence-corrected chi connectivity index (χ1v) is 6.84. The molecule has 0 fully saturated rings. The summed E-state index contributed by atoms with van der Waals surface area (Å²) in [5.74, 6) is 0. The van der Waals surface area contributed by atoms with E-state index in [1.54, 1.807) is 0 Å². The van der Waals surface area contributed by atoms with Crippen LogP contribution in [0.25, 0.3) is 0 Å². The van der Waals surface area contributed by atoms with Crippen molar-refractivity contribution in [3.8, 4) is 0 Å². The predicted octanol–water partition coefficient (Wildman–Crippen LogP) is 3.10. The summed E-state index contributed by atoms with van der Waals surface area (Å²) in [4.78, 5) is 0. The first-order chi connectivity index (χ1) is 8.66. The number of benzene rings is 1. The van der Waals surface area contributed by atoms with E-state index in [4.69, 9.17) is 12.2 Å². The average Bonchev–Trinajstić information content (AvgIpc) is 2.37. The third kappa shape index (κ3) is 3.33. The molecule has 2 nitrogen and oxygen atoms in total. The minimum absolute atomic E-state index is 0.347. The number of hydrogen-bond donors (Lipinski definition) is 2. The summed E-state index contributed by atoms with van der Waals surface area (Å²) in [7, 11) is 0. The van der Waals surface area contributed by atoms with E-state index < -0.39 is 0 Å². The molecular weight excluding hydrogens is 240 g/mol. The second-order valence-corrected chi connectivity index (χ2v) is 5.34. The van der Waals surface area contributed by atoms with E-state index in [9.17, 15) is 0 Å². The summed E-state index contributed by atoms with van der Waals surface area (Å²) in [5.41, 5.74) is 3.93. The number of aryl methyl sites for hydroxylation is 1. The van der Waals surface area contributed by atoms with Crippen molar-refractivity contribution in [3.63, 3.8) is 0 Å².